The Labute approximate surface area is 234 Å². The van der Waals surface area contributed by atoms with Gasteiger partial charge in [0.05, 0.1) is 5.56 Å². The molecule has 1 heterocycles. The van der Waals surface area contributed by atoms with Crippen LogP contribution in [-0.2, 0) is 30.4 Å². The molecule has 7 heteroatoms. The van der Waals surface area contributed by atoms with Crippen LogP contribution in [0, 0.1) is 5.92 Å². The summed E-state index contributed by atoms with van der Waals surface area (Å²) in [6, 6.07) is 22.1. The average Bonchev–Trinajstić information content (AvgIpc) is 2.96. The second kappa shape index (κ2) is 13.6. The summed E-state index contributed by atoms with van der Waals surface area (Å²) in [5.74, 6) is -0.130. The van der Waals surface area contributed by atoms with Gasteiger partial charge in [0.1, 0.15) is 6.04 Å². The van der Waals surface area contributed by atoms with Crippen molar-refractivity contribution in [3.05, 3.63) is 113 Å². The van der Waals surface area contributed by atoms with Crippen LogP contribution in [0.1, 0.15) is 48.4 Å². The molecule has 40 heavy (non-hydrogen) atoms. The first-order valence-corrected chi connectivity index (χ1v) is 13.9. The monoisotopic (exact) mass is 550 g/mol. The lowest BCUT2D eigenvalue weighted by atomic mass is 9.94. The molecular formula is C33H37F3N2O2. The van der Waals surface area contributed by atoms with Crippen molar-refractivity contribution in [1.82, 2.24) is 4.90 Å². The molecule has 0 radical (unpaired) electrons. The van der Waals surface area contributed by atoms with Crippen molar-refractivity contribution >= 4 is 11.7 Å². The van der Waals surface area contributed by atoms with Crippen molar-refractivity contribution in [2.24, 2.45) is 5.92 Å². The number of rotatable bonds is 11. The molecule has 4 rings (SSSR count). The quantitative estimate of drug-likeness (QED) is 0.267. The third-order valence-electron chi connectivity index (χ3n) is 7.75. The molecule has 0 bridgehead atoms. The second-order valence-electron chi connectivity index (χ2n) is 10.5. The Morgan fingerprint density at radius 2 is 1.57 bits per heavy atom. The predicted octanol–water partition coefficient (Wildman–Crippen LogP) is 7.59. The molecule has 0 amide bonds. The number of hydrogen-bond acceptors (Lipinski definition) is 3. The number of halogens is 3. The van der Waals surface area contributed by atoms with Crippen LogP contribution in [0.5, 0.6) is 0 Å². The summed E-state index contributed by atoms with van der Waals surface area (Å²) < 4.78 is 38.7. The lowest BCUT2D eigenvalue weighted by Gasteiger charge is -2.33. The number of nitrogens with zero attached hydrogens (tertiary/aromatic N) is 2. The first-order chi connectivity index (χ1) is 19.2. The number of hydrogen-bond donors (Lipinski definition) is 1. The van der Waals surface area contributed by atoms with E-state index in [-0.39, 0.29) is 0 Å². The molecule has 1 fully saturated rings. The zero-order valence-corrected chi connectivity index (χ0v) is 22.9. The van der Waals surface area contributed by atoms with Gasteiger partial charge < -0.3 is 14.9 Å². The molecule has 4 nitrogen and oxygen atoms in total. The lowest BCUT2D eigenvalue weighted by molar-refractivity contribution is -0.142. The van der Waals surface area contributed by atoms with E-state index in [2.05, 4.69) is 36.1 Å². The molecule has 1 aliphatic heterocycles. The van der Waals surface area contributed by atoms with Crippen molar-refractivity contribution in [3.8, 4) is 0 Å². The number of piperidine rings is 1. The highest BCUT2D eigenvalue weighted by Gasteiger charge is 2.30. The summed E-state index contributed by atoms with van der Waals surface area (Å²) in [7, 11) is 0. The Balaban J connectivity index is 1.50. The van der Waals surface area contributed by atoms with Crippen LogP contribution < -0.4 is 4.90 Å². The standard InChI is InChI=1S/C33H37F3N2O2/c1-2-25-18-21-37(22-19-25)30-16-12-28(13-17-30)24-38(31(32(39)40)23-27-7-4-3-5-8-27)20-6-9-26-10-14-29(15-11-26)33(34,35)36/h3-8,10-17,20,25,31H,2,9,18-19,21-24H2,1H3,(H,39,40)/t31-/m0/s1. The summed E-state index contributed by atoms with van der Waals surface area (Å²) in [4.78, 5) is 16.6. The van der Waals surface area contributed by atoms with Gasteiger partial charge in [-0.1, -0.05) is 74.0 Å². The van der Waals surface area contributed by atoms with Crippen molar-refractivity contribution in [2.75, 3.05) is 18.0 Å². The minimum Gasteiger partial charge on any atom is -0.480 e. The van der Waals surface area contributed by atoms with E-state index in [9.17, 15) is 23.1 Å². The highest BCUT2D eigenvalue weighted by Crippen LogP contribution is 2.29. The summed E-state index contributed by atoms with van der Waals surface area (Å²) in [6.07, 6.45) is 3.55. The van der Waals surface area contributed by atoms with Gasteiger partial charge in [0.25, 0.3) is 0 Å². The smallest absolute Gasteiger partial charge is 0.416 e. The van der Waals surface area contributed by atoms with E-state index in [1.807, 2.05) is 36.4 Å². The van der Waals surface area contributed by atoms with Gasteiger partial charge in [-0.15, -0.1) is 0 Å². The van der Waals surface area contributed by atoms with Crippen LogP contribution in [0.4, 0.5) is 18.9 Å². The molecule has 1 atom stereocenters. The van der Waals surface area contributed by atoms with Crippen molar-refractivity contribution in [3.63, 3.8) is 0 Å². The van der Waals surface area contributed by atoms with E-state index in [1.54, 1.807) is 11.1 Å². The zero-order chi connectivity index (χ0) is 28.5. The second-order valence-corrected chi connectivity index (χ2v) is 10.5. The molecule has 0 saturated carbocycles. The van der Waals surface area contributed by atoms with Crippen LogP contribution in [0.25, 0.3) is 0 Å². The Morgan fingerprint density at radius 1 is 0.950 bits per heavy atom. The van der Waals surface area contributed by atoms with Gasteiger partial charge in [-0.05, 0) is 72.3 Å². The van der Waals surface area contributed by atoms with E-state index in [0.29, 0.717) is 19.4 Å². The minimum atomic E-state index is -4.38. The maximum Gasteiger partial charge on any atom is 0.416 e. The van der Waals surface area contributed by atoms with Gasteiger partial charge in [0.15, 0.2) is 0 Å². The molecule has 0 aromatic heterocycles. The summed E-state index contributed by atoms with van der Waals surface area (Å²) >= 11 is 0. The maximum atomic E-state index is 12.9. The molecule has 3 aromatic rings. The Kier molecular flexibility index (Phi) is 9.91. The number of carbonyl (C=O) groups is 1. The lowest BCUT2D eigenvalue weighted by Crippen LogP contribution is -2.39. The van der Waals surface area contributed by atoms with E-state index in [0.717, 1.165) is 47.8 Å². The van der Waals surface area contributed by atoms with Crippen molar-refractivity contribution in [1.29, 1.82) is 0 Å². The van der Waals surface area contributed by atoms with Gasteiger partial charge in [0, 0.05) is 31.7 Å². The third kappa shape index (κ3) is 8.13. The zero-order valence-electron chi connectivity index (χ0n) is 22.9. The van der Waals surface area contributed by atoms with E-state index in [1.165, 1.54) is 37.1 Å². The summed E-state index contributed by atoms with van der Waals surface area (Å²) in [5.41, 5.74) is 3.12. The number of benzene rings is 3. The SMILES string of the molecule is CCC1CCN(c2ccc(CN(C=CCc3ccc(C(F)(F)F)cc3)[C@@H](Cc3ccccc3)C(=O)O)cc2)CC1. The highest BCUT2D eigenvalue weighted by atomic mass is 19.4. The van der Waals surface area contributed by atoms with Crippen molar-refractivity contribution in [2.45, 2.75) is 57.8 Å². The average molecular weight is 551 g/mol. The Bertz CT molecular complexity index is 1230. The fraction of sp³-hybridized carbons (Fsp3) is 0.364. The van der Waals surface area contributed by atoms with Gasteiger partial charge >= 0.3 is 12.1 Å². The fourth-order valence-corrected chi connectivity index (χ4v) is 5.23. The number of carboxylic acid groups (broad SMARTS) is 1. The van der Waals surface area contributed by atoms with Gasteiger partial charge in [0.2, 0.25) is 0 Å². The summed E-state index contributed by atoms with van der Waals surface area (Å²) in [6.45, 7) is 4.75. The number of allylic oxidation sites excluding steroid dienone is 1. The molecule has 1 N–H and O–H groups in total. The molecule has 1 aliphatic rings. The molecular weight excluding hydrogens is 513 g/mol. The highest BCUT2D eigenvalue weighted by molar-refractivity contribution is 5.74. The predicted molar refractivity (Wildman–Crippen MR) is 153 cm³/mol. The first kappa shape index (κ1) is 29.2. The van der Waals surface area contributed by atoms with E-state index >= 15 is 0 Å². The first-order valence-electron chi connectivity index (χ1n) is 13.9. The number of aliphatic carboxylic acids is 1. The number of anilines is 1. The van der Waals surface area contributed by atoms with E-state index < -0.39 is 23.8 Å². The largest absolute Gasteiger partial charge is 0.480 e. The Hall–Kier alpha value is -3.74. The van der Waals surface area contributed by atoms with Crippen molar-refractivity contribution < 1.29 is 23.1 Å². The number of alkyl halides is 3. The van der Waals surface area contributed by atoms with Gasteiger partial charge in [-0.3, -0.25) is 0 Å². The van der Waals surface area contributed by atoms with Gasteiger partial charge in [-0.2, -0.15) is 13.2 Å². The molecule has 212 valence electrons. The van der Waals surface area contributed by atoms with Crippen LogP contribution in [-0.4, -0.2) is 35.1 Å². The minimum absolute atomic E-state index is 0.325. The van der Waals surface area contributed by atoms with Crippen LogP contribution in [0.3, 0.4) is 0 Å². The topological polar surface area (TPSA) is 43.8 Å². The number of carboxylic acids is 1. The molecule has 1 saturated heterocycles. The third-order valence-corrected chi connectivity index (χ3v) is 7.75. The van der Waals surface area contributed by atoms with E-state index in [4.69, 9.17) is 0 Å². The molecule has 3 aromatic carbocycles. The Morgan fingerprint density at radius 3 is 2.15 bits per heavy atom. The maximum absolute atomic E-state index is 12.9. The van der Waals surface area contributed by atoms with Gasteiger partial charge in [-0.25, -0.2) is 4.79 Å². The normalized spacial score (nSPS) is 15.3. The van der Waals surface area contributed by atoms with Crippen LogP contribution in [0.15, 0.2) is 91.1 Å². The van der Waals surface area contributed by atoms with Crippen LogP contribution >= 0.6 is 0 Å². The van der Waals surface area contributed by atoms with Crippen LogP contribution in [0.2, 0.25) is 0 Å². The summed E-state index contributed by atoms with van der Waals surface area (Å²) in [5, 5.41) is 10.2. The molecule has 0 spiro atoms. The fourth-order valence-electron chi connectivity index (χ4n) is 5.23. The molecule has 0 unspecified atom stereocenters. The molecule has 0 aliphatic carbocycles.